The van der Waals surface area contributed by atoms with Gasteiger partial charge in [-0.2, -0.15) is 15.8 Å². The molecule has 0 aliphatic heterocycles. The molecule has 1 aromatic carbocycles. The molecule has 0 saturated heterocycles. The molecule has 6 heteroatoms. The molecule has 1 aromatic rings. The number of nitrogens with one attached hydrogen (secondary N) is 2. The molecule has 0 radical (unpaired) electrons. The van der Waals surface area contributed by atoms with Crippen molar-refractivity contribution in [1.82, 2.24) is 0 Å². The smallest absolute Gasteiger partial charge is 0.224 e. The van der Waals surface area contributed by atoms with Gasteiger partial charge < -0.3 is 10.6 Å². The predicted octanol–water partition coefficient (Wildman–Crippen LogP) is 2.91. The third-order valence-corrected chi connectivity index (χ3v) is 2.64. The van der Waals surface area contributed by atoms with Crippen molar-refractivity contribution >= 4 is 17.3 Å². The lowest BCUT2D eigenvalue weighted by Crippen LogP contribution is -2.15. The Labute approximate surface area is 129 Å². The van der Waals surface area contributed by atoms with E-state index in [-0.39, 0.29) is 23.1 Å². The second kappa shape index (κ2) is 8.09. The number of amides is 1. The zero-order chi connectivity index (χ0) is 16.5. The molecular formula is C16H15N5O. The molecule has 1 amide bonds. The van der Waals surface area contributed by atoms with E-state index >= 15 is 0 Å². The van der Waals surface area contributed by atoms with Gasteiger partial charge in [0.25, 0.3) is 0 Å². The van der Waals surface area contributed by atoms with Crippen molar-refractivity contribution < 1.29 is 4.79 Å². The van der Waals surface area contributed by atoms with E-state index in [0.29, 0.717) is 17.8 Å². The number of benzene rings is 1. The number of nitriles is 3. The maximum atomic E-state index is 11.9. The summed E-state index contributed by atoms with van der Waals surface area (Å²) in [5.74, 6) is 0.0750. The molecule has 0 unspecified atom stereocenters. The van der Waals surface area contributed by atoms with Crippen LogP contribution in [0.2, 0.25) is 0 Å². The number of rotatable bonds is 5. The molecule has 0 fully saturated rings. The molecule has 1 rings (SSSR count). The van der Waals surface area contributed by atoms with Gasteiger partial charge in [-0.3, -0.25) is 4.79 Å². The molecule has 0 atom stereocenters. The molecular weight excluding hydrogens is 278 g/mol. The quantitative estimate of drug-likeness (QED) is 0.810. The van der Waals surface area contributed by atoms with Crippen LogP contribution in [0, 0.1) is 39.9 Å². The van der Waals surface area contributed by atoms with E-state index in [9.17, 15) is 4.79 Å². The van der Waals surface area contributed by atoms with Gasteiger partial charge in [0, 0.05) is 6.42 Å². The normalized spacial score (nSPS) is 9.09. The average Bonchev–Trinajstić information content (AvgIpc) is 2.48. The van der Waals surface area contributed by atoms with Crippen molar-refractivity contribution in [2.75, 3.05) is 10.6 Å². The zero-order valence-corrected chi connectivity index (χ0v) is 12.3. The minimum atomic E-state index is -0.314. The van der Waals surface area contributed by atoms with Crippen molar-refractivity contribution in [2.24, 2.45) is 5.92 Å². The Bertz CT molecular complexity index is 697. The number of hydrogen-bond donors (Lipinski definition) is 2. The third kappa shape index (κ3) is 4.67. The second-order valence-corrected chi connectivity index (χ2v) is 4.90. The molecule has 2 N–H and O–H groups in total. The van der Waals surface area contributed by atoms with Gasteiger partial charge >= 0.3 is 0 Å². The van der Waals surface area contributed by atoms with Crippen molar-refractivity contribution in [2.45, 2.75) is 20.3 Å². The van der Waals surface area contributed by atoms with Crippen LogP contribution >= 0.6 is 0 Å². The van der Waals surface area contributed by atoms with E-state index in [1.165, 1.54) is 0 Å². The monoisotopic (exact) mass is 293 g/mol. The van der Waals surface area contributed by atoms with Crippen LogP contribution in [-0.2, 0) is 4.79 Å². The van der Waals surface area contributed by atoms with Crippen LogP contribution in [0.15, 0.2) is 35.5 Å². The van der Waals surface area contributed by atoms with Gasteiger partial charge in [0.15, 0.2) is 5.57 Å². The first kappa shape index (κ1) is 16.8. The van der Waals surface area contributed by atoms with Crippen LogP contribution in [-0.4, -0.2) is 5.91 Å². The SMILES string of the molecule is CC(C)CC(=O)Nc1ccccc1NC(C#N)=C(C#N)C#N. The fourth-order valence-electron chi connectivity index (χ4n) is 1.69. The first-order chi connectivity index (χ1) is 10.5. The third-order valence-electron chi connectivity index (χ3n) is 2.64. The molecule has 0 aliphatic rings. The number of nitrogens with zero attached hydrogens (tertiary/aromatic N) is 3. The Hall–Kier alpha value is -3.30. The minimum Gasteiger partial charge on any atom is -0.343 e. The molecule has 0 aromatic heterocycles. The molecule has 0 heterocycles. The predicted molar refractivity (Wildman–Crippen MR) is 82.0 cm³/mol. The van der Waals surface area contributed by atoms with E-state index in [4.69, 9.17) is 15.8 Å². The highest BCUT2D eigenvalue weighted by Gasteiger charge is 2.11. The number of para-hydroxylation sites is 2. The first-order valence-corrected chi connectivity index (χ1v) is 6.62. The summed E-state index contributed by atoms with van der Waals surface area (Å²) in [6, 6.07) is 11.9. The molecule has 0 bridgehead atoms. The van der Waals surface area contributed by atoms with Crippen molar-refractivity contribution in [3.63, 3.8) is 0 Å². The van der Waals surface area contributed by atoms with Crippen LogP contribution < -0.4 is 10.6 Å². The summed E-state index contributed by atoms with van der Waals surface area (Å²) in [4.78, 5) is 11.9. The summed E-state index contributed by atoms with van der Waals surface area (Å²) in [7, 11) is 0. The number of allylic oxidation sites excluding steroid dienone is 2. The Kier molecular flexibility index (Phi) is 6.16. The Morgan fingerprint density at radius 2 is 1.59 bits per heavy atom. The summed E-state index contributed by atoms with van der Waals surface area (Å²) in [6.45, 7) is 3.87. The number of hydrogen-bond acceptors (Lipinski definition) is 5. The molecule has 110 valence electrons. The summed E-state index contributed by atoms with van der Waals surface area (Å²) < 4.78 is 0. The lowest BCUT2D eigenvalue weighted by molar-refractivity contribution is -0.116. The summed E-state index contributed by atoms with van der Waals surface area (Å²) >= 11 is 0. The van der Waals surface area contributed by atoms with Gasteiger partial charge in [0.05, 0.1) is 11.4 Å². The average molecular weight is 293 g/mol. The van der Waals surface area contributed by atoms with Gasteiger partial charge in [-0.15, -0.1) is 0 Å². The Morgan fingerprint density at radius 1 is 1.05 bits per heavy atom. The van der Waals surface area contributed by atoms with Crippen LogP contribution in [0.1, 0.15) is 20.3 Å². The minimum absolute atomic E-state index is 0.146. The highest BCUT2D eigenvalue weighted by atomic mass is 16.1. The standard InChI is InChI=1S/C16H15N5O/c1-11(2)7-16(22)21-14-6-4-3-5-13(14)20-15(10-19)12(8-17)9-18/h3-6,11,20H,7H2,1-2H3,(H,21,22). The molecule has 0 saturated carbocycles. The van der Waals surface area contributed by atoms with E-state index in [1.54, 1.807) is 42.5 Å². The summed E-state index contributed by atoms with van der Waals surface area (Å²) in [6.07, 6.45) is 0.372. The maximum absolute atomic E-state index is 11.9. The number of carbonyl (C=O) groups excluding carboxylic acids is 1. The highest BCUT2D eigenvalue weighted by molar-refractivity contribution is 5.94. The Balaban J connectivity index is 3.06. The lowest BCUT2D eigenvalue weighted by atomic mass is 10.1. The zero-order valence-electron chi connectivity index (χ0n) is 12.3. The van der Waals surface area contributed by atoms with E-state index in [1.807, 2.05) is 13.8 Å². The fourth-order valence-corrected chi connectivity index (χ4v) is 1.69. The van der Waals surface area contributed by atoms with Gasteiger partial charge in [0.1, 0.15) is 23.9 Å². The summed E-state index contributed by atoms with van der Waals surface area (Å²) in [5, 5.41) is 32.2. The van der Waals surface area contributed by atoms with E-state index < -0.39 is 0 Å². The molecule has 22 heavy (non-hydrogen) atoms. The summed E-state index contributed by atoms with van der Waals surface area (Å²) in [5.41, 5.74) is 0.455. The van der Waals surface area contributed by atoms with Crippen LogP contribution in [0.3, 0.4) is 0 Å². The van der Waals surface area contributed by atoms with Crippen LogP contribution in [0.25, 0.3) is 0 Å². The second-order valence-electron chi connectivity index (χ2n) is 4.90. The lowest BCUT2D eigenvalue weighted by Gasteiger charge is -2.13. The topological polar surface area (TPSA) is 112 Å². The highest BCUT2D eigenvalue weighted by Crippen LogP contribution is 2.23. The van der Waals surface area contributed by atoms with Crippen molar-refractivity contribution in [3.05, 3.63) is 35.5 Å². The van der Waals surface area contributed by atoms with Gasteiger partial charge in [0.2, 0.25) is 5.91 Å². The van der Waals surface area contributed by atoms with Gasteiger partial charge in [-0.05, 0) is 18.1 Å². The largest absolute Gasteiger partial charge is 0.343 e. The van der Waals surface area contributed by atoms with Crippen LogP contribution in [0.4, 0.5) is 11.4 Å². The molecule has 0 aliphatic carbocycles. The van der Waals surface area contributed by atoms with E-state index in [0.717, 1.165) is 0 Å². The van der Waals surface area contributed by atoms with Gasteiger partial charge in [-0.25, -0.2) is 0 Å². The number of carbonyl (C=O) groups is 1. The van der Waals surface area contributed by atoms with Crippen molar-refractivity contribution in [1.29, 1.82) is 15.8 Å². The van der Waals surface area contributed by atoms with Crippen LogP contribution in [0.5, 0.6) is 0 Å². The molecule has 0 spiro atoms. The maximum Gasteiger partial charge on any atom is 0.224 e. The van der Waals surface area contributed by atoms with E-state index in [2.05, 4.69) is 10.6 Å². The fraction of sp³-hybridized carbons (Fsp3) is 0.250. The van der Waals surface area contributed by atoms with Gasteiger partial charge in [-0.1, -0.05) is 26.0 Å². The first-order valence-electron chi connectivity index (χ1n) is 6.62. The van der Waals surface area contributed by atoms with Crippen molar-refractivity contribution in [3.8, 4) is 18.2 Å². The molecule has 6 nitrogen and oxygen atoms in total. The Morgan fingerprint density at radius 3 is 2.05 bits per heavy atom. The number of anilines is 2.